The Bertz CT molecular complexity index is 472. The lowest BCUT2D eigenvalue weighted by molar-refractivity contribution is -0.127. The number of aryl methyl sites for hydroxylation is 2. The van der Waals surface area contributed by atoms with Crippen LogP contribution in [0.15, 0.2) is 0 Å². The summed E-state index contributed by atoms with van der Waals surface area (Å²) in [6.45, 7) is 4.50. The molecule has 5 nitrogen and oxygen atoms in total. The number of nitrogens with zero attached hydrogens (tertiary/aromatic N) is 2. The van der Waals surface area contributed by atoms with E-state index in [0.717, 1.165) is 42.6 Å². The molecule has 1 saturated carbocycles. The first-order valence-corrected chi connectivity index (χ1v) is 7.00. The van der Waals surface area contributed by atoms with E-state index in [1.165, 1.54) is 6.42 Å². The Hall–Kier alpha value is -1.36. The molecule has 0 aliphatic heterocycles. The zero-order chi connectivity index (χ0) is 14.0. The topological polar surface area (TPSA) is 72.9 Å². The van der Waals surface area contributed by atoms with Crippen molar-refractivity contribution in [2.75, 3.05) is 0 Å². The molecule has 1 amide bonds. The highest BCUT2D eigenvalue weighted by molar-refractivity contribution is 5.86. The second kappa shape index (κ2) is 5.33. The molecular formula is C14H24N4O. The van der Waals surface area contributed by atoms with E-state index in [-0.39, 0.29) is 5.91 Å². The van der Waals surface area contributed by atoms with Gasteiger partial charge in [-0.1, -0.05) is 19.3 Å². The molecule has 106 valence electrons. The SMILES string of the molecule is Cc1nn(C)c(C)c1CNC(=O)C1(N)CCCCC1. The molecule has 2 rings (SSSR count). The smallest absolute Gasteiger partial charge is 0.240 e. The fourth-order valence-corrected chi connectivity index (χ4v) is 2.83. The third kappa shape index (κ3) is 2.81. The molecular weight excluding hydrogens is 240 g/mol. The van der Waals surface area contributed by atoms with Crippen LogP contribution in [0.4, 0.5) is 0 Å². The van der Waals surface area contributed by atoms with Crippen molar-refractivity contribution in [2.24, 2.45) is 12.8 Å². The largest absolute Gasteiger partial charge is 0.350 e. The minimum Gasteiger partial charge on any atom is -0.350 e. The average molecular weight is 264 g/mol. The van der Waals surface area contributed by atoms with Gasteiger partial charge < -0.3 is 11.1 Å². The first kappa shape index (κ1) is 14.1. The Morgan fingerprint density at radius 3 is 2.53 bits per heavy atom. The molecule has 0 aromatic carbocycles. The van der Waals surface area contributed by atoms with Gasteiger partial charge in [-0.2, -0.15) is 5.10 Å². The lowest BCUT2D eigenvalue weighted by Crippen LogP contribution is -2.54. The molecule has 1 aromatic heterocycles. The molecule has 19 heavy (non-hydrogen) atoms. The summed E-state index contributed by atoms with van der Waals surface area (Å²) in [6, 6.07) is 0. The number of amides is 1. The molecule has 0 atom stereocenters. The van der Waals surface area contributed by atoms with Crippen LogP contribution in [0, 0.1) is 13.8 Å². The maximum atomic E-state index is 12.3. The van der Waals surface area contributed by atoms with Crippen molar-refractivity contribution < 1.29 is 4.79 Å². The Labute approximate surface area is 114 Å². The summed E-state index contributed by atoms with van der Waals surface area (Å²) in [5.41, 5.74) is 8.70. The van der Waals surface area contributed by atoms with Gasteiger partial charge in [-0.25, -0.2) is 0 Å². The van der Waals surface area contributed by atoms with E-state index in [1.54, 1.807) is 0 Å². The van der Waals surface area contributed by atoms with Crippen molar-refractivity contribution in [2.45, 2.75) is 58.0 Å². The van der Waals surface area contributed by atoms with Crippen molar-refractivity contribution >= 4 is 5.91 Å². The minimum absolute atomic E-state index is 0.0187. The van der Waals surface area contributed by atoms with Gasteiger partial charge in [0.05, 0.1) is 11.2 Å². The third-order valence-corrected chi connectivity index (χ3v) is 4.28. The molecule has 1 aromatic rings. The van der Waals surface area contributed by atoms with E-state index in [0.29, 0.717) is 6.54 Å². The number of carbonyl (C=O) groups is 1. The summed E-state index contributed by atoms with van der Waals surface area (Å²) in [5.74, 6) is -0.0187. The van der Waals surface area contributed by atoms with E-state index in [1.807, 2.05) is 25.6 Å². The summed E-state index contributed by atoms with van der Waals surface area (Å²) in [5, 5.41) is 7.34. The van der Waals surface area contributed by atoms with Crippen LogP contribution >= 0.6 is 0 Å². The molecule has 5 heteroatoms. The molecule has 0 radical (unpaired) electrons. The van der Waals surface area contributed by atoms with Crippen molar-refractivity contribution in [1.29, 1.82) is 0 Å². The zero-order valence-electron chi connectivity index (χ0n) is 12.1. The van der Waals surface area contributed by atoms with Gasteiger partial charge in [0.1, 0.15) is 0 Å². The van der Waals surface area contributed by atoms with Crippen LogP contribution in [-0.2, 0) is 18.4 Å². The van der Waals surface area contributed by atoms with Crippen molar-refractivity contribution in [1.82, 2.24) is 15.1 Å². The molecule has 1 fully saturated rings. The molecule has 0 saturated heterocycles. The van der Waals surface area contributed by atoms with Gasteiger partial charge in [-0.15, -0.1) is 0 Å². The Morgan fingerprint density at radius 2 is 2.00 bits per heavy atom. The molecule has 0 bridgehead atoms. The van der Waals surface area contributed by atoms with Crippen LogP contribution in [0.25, 0.3) is 0 Å². The van der Waals surface area contributed by atoms with Gasteiger partial charge in [-0.05, 0) is 26.7 Å². The normalized spacial score (nSPS) is 18.3. The quantitative estimate of drug-likeness (QED) is 0.864. The second-order valence-corrected chi connectivity index (χ2v) is 5.67. The Balaban J connectivity index is 2.00. The molecule has 1 aliphatic rings. The van der Waals surface area contributed by atoms with Crippen LogP contribution in [0.1, 0.15) is 49.1 Å². The monoisotopic (exact) mass is 264 g/mol. The molecule has 1 aliphatic carbocycles. The first-order valence-electron chi connectivity index (χ1n) is 7.00. The number of hydrogen-bond acceptors (Lipinski definition) is 3. The second-order valence-electron chi connectivity index (χ2n) is 5.67. The highest BCUT2D eigenvalue weighted by Gasteiger charge is 2.35. The number of nitrogens with two attached hydrogens (primary N) is 1. The number of hydrogen-bond donors (Lipinski definition) is 2. The number of nitrogens with one attached hydrogen (secondary N) is 1. The molecule has 3 N–H and O–H groups in total. The van der Waals surface area contributed by atoms with E-state index < -0.39 is 5.54 Å². The first-order chi connectivity index (χ1) is 8.94. The Kier molecular flexibility index (Phi) is 3.94. The minimum atomic E-state index is -0.664. The maximum Gasteiger partial charge on any atom is 0.240 e. The number of rotatable bonds is 3. The van der Waals surface area contributed by atoms with Gasteiger partial charge in [0.15, 0.2) is 0 Å². The van der Waals surface area contributed by atoms with Crippen LogP contribution in [0.3, 0.4) is 0 Å². The molecule has 0 unspecified atom stereocenters. The highest BCUT2D eigenvalue weighted by Crippen LogP contribution is 2.26. The zero-order valence-corrected chi connectivity index (χ0v) is 12.1. The lowest BCUT2D eigenvalue weighted by Gasteiger charge is -2.31. The number of aromatic nitrogens is 2. The van der Waals surface area contributed by atoms with E-state index in [4.69, 9.17) is 5.73 Å². The van der Waals surface area contributed by atoms with Crippen molar-refractivity contribution in [3.05, 3.63) is 17.0 Å². The summed E-state index contributed by atoms with van der Waals surface area (Å²) >= 11 is 0. The predicted octanol–water partition coefficient (Wildman–Crippen LogP) is 1.31. The summed E-state index contributed by atoms with van der Waals surface area (Å²) in [6.07, 6.45) is 4.88. The average Bonchev–Trinajstić information content (AvgIpc) is 2.62. The van der Waals surface area contributed by atoms with Gasteiger partial charge >= 0.3 is 0 Å². The summed E-state index contributed by atoms with van der Waals surface area (Å²) < 4.78 is 1.84. The van der Waals surface area contributed by atoms with E-state index in [9.17, 15) is 4.79 Å². The molecule has 1 heterocycles. The maximum absolute atomic E-state index is 12.3. The van der Waals surface area contributed by atoms with Crippen LogP contribution in [-0.4, -0.2) is 21.2 Å². The van der Waals surface area contributed by atoms with Gasteiger partial charge in [0.25, 0.3) is 0 Å². The molecule has 0 spiro atoms. The van der Waals surface area contributed by atoms with Crippen molar-refractivity contribution in [3.8, 4) is 0 Å². The van der Waals surface area contributed by atoms with E-state index in [2.05, 4.69) is 10.4 Å². The van der Waals surface area contributed by atoms with Crippen LogP contribution in [0.2, 0.25) is 0 Å². The van der Waals surface area contributed by atoms with Gasteiger partial charge in [0.2, 0.25) is 5.91 Å². The van der Waals surface area contributed by atoms with Crippen LogP contribution in [0.5, 0.6) is 0 Å². The van der Waals surface area contributed by atoms with E-state index >= 15 is 0 Å². The van der Waals surface area contributed by atoms with Gasteiger partial charge in [-0.3, -0.25) is 9.48 Å². The third-order valence-electron chi connectivity index (χ3n) is 4.28. The van der Waals surface area contributed by atoms with Gasteiger partial charge in [0, 0.05) is 24.8 Å². The lowest BCUT2D eigenvalue weighted by atomic mass is 9.82. The summed E-state index contributed by atoms with van der Waals surface area (Å²) in [7, 11) is 1.92. The van der Waals surface area contributed by atoms with Crippen LogP contribution < -0.4 is 11.1 Å². The fraction of sp³-hybridized carbons (Fsp3) is 0.714. The van der Waals surface area contributed by atoms with Crippen molar-refractivity contribution in [3.63, 3.8) is 0 Å². The Morgan fingerprint density at radius 1 is 1.37 bits per heavy atom. The standard InChI is InChI=1S/C14H24N4O/c1-10-12(11(2)18(3)17-10)9-16-13(19)14(15)7-5-4-6-8-14/h4-9,15H2,1-3H3,(H,16,19). The summed E-state index contributed by atoms with van der Waals surface area (Å²) in [4.78, 5) is 12.3. The highest BCUT2D eigenvalue weighted by atomic mass is 16.2. The predicted molar refractivity (Wildman–Crippen MR) is 74.5 cm³/mol. The number of carbonyl (C=O) groups excluding carboxylic acids is 1. The fourth-order valence-electron chi connectivity index (χ4n) is 2.83.